The minimum Gasteiger partial charge on any atom is -0.478 e. The third kappa shape index (κ3) is 2.19. The summed E-state index contributed by atoms with van der Waals surface area (Å²) in [5.74, 6) is -2.65. The Morgan fingerprint density at radius 1 is 1.11 bits per heavy atom. The number of aromatic carboxylic acids is 1. The van der Waals surface area contributed by atoms with Crippen LogP contribution in [0.5, 0.6) is 0 Å². The fraction of sp³-hybridized carbons (Fsp3) is 0. The zero-order valence-corrected chi connectivity index (χ0v) is 9.71. The molecule has 0 aliphatic rings. The van der Waals surface area contributed by atoms with E-state index in [1.165, 1.54) is 24.3 Å². The molecule has 0 aliphatic heterocycles. The molecule has 1 N–H and O–H groups in total. The number of halogens is 3. The highest BCUT2D eigenvalue weighted by Crippen LogP contribution is 2.29. The maximum atomic E-state index is 13.5. The summed E-state index contributed by atoms with van der Waals surface area (Å²) >= 11 is 5.75. The van der Waals surface area contributed by atoms with Crippen LogP contribution < -0.4 is 0 Å². The van der Waals surface area contributed by atoms with Crippen molar-refractivity contribution in [2.24, 2.45) is 0 Å². The van der Waals surface area contributed by atoms with Crippen LogP contribution in [0.15, 0.2) is 36.4 Å². The van der Waals surface area contributed by atoms with E-state index in [0.29, 0.717) is 0 Å². The molecule has 0 atom stereocenters. The highest BCUT2D eigenvalue weighted by atomic mass is 35.5. The molecule has 0 unspecified atom stereocenters. The molecule has 0 fully saturated rings. The summed E-state index contributed by atoms with van der Waals surface area (Å²) in [6.07, 6.45) is 0. The maximum absolute atomic E-state index is 13.5. The van der Waals surface area contributed by atoms with Crippen molar-refractivity contribution in [3.05, 3.63) is 58.6 Å². The Morgan fingerprint density at radius 2 is 1.72 bits per heavy atom. The lowest BCUT2D eigenvalue weighted by atomic mass is 10.0. The van der Waals surface area contributed by atoms with Gasteiger partial charge >= 0.3 is 5.97 Å². The van der Waals surface area contributed by atoms with E-state index in [9.17, 15) is 13.6 Å². The van der Waals surface area contributed by atoms with Crippen molar-refractivity contribution in [1.82, 2.24) is 0 Å². The standard InChI is InChI=1S/C13H7ClF2O2/c14-9-6-7(4-5-8(9)13(17)18)12-10(15)2-1-3-11(12)16/h1-6H,(H,17,18). The van der Waals surface area contributed by atoms with Crippen molar-refractivity contribution >= 4 is 17.6 Å². The van der Waals surface area contributed by atoms with Crippen LogP contribution in [0.4, 0.5) is 8.78 Å². The third-order valence-corrected chi connectivity index (χ3v) is 2.76. The quantitative estimate of drug-likeness (QED) is 0.894. The number of benzene rings is 2. The smallest absolute Gasteiger partial charge is 0.337 e. The molecule has 2 aromatic rings. The van der Waals surface area contributed by atoms with Crippen LogP contribution in [0.3, 0.4) is 0 Å². The molecule has 2 aromatic carbocycles. The topological polar surface area (TPSA) is 37.3 Å². The van der Waals surface area contributed by atoms with Crippen molar-refractivity contribution in [1.29, 1.82) is 0 Å². The molecule has 0 aliphatic carbocycles. The highest BCUT2D eigenvalue weighted by molar-refractivity contribution is 6.33. The molecule has 18 heavy (non-hydrogen) atoms. The molecule has 0 saturated carbocycles. The van der Waals surface area contributed by atoms with Crippen molar-refractivity contribution < 1.29 is 18.7 Å². The van der Waals surface area contributed by atoms with Crippen LogP contribution in [0.2, 0.25) is 5.02 Å². The van der Waals surface area contributed by atoms with E-state index in [1.54, 1.807) is 0 Å². The summed E-state index contributed by atoms with van der Waals surface area (Å²) in [5, 5.41) is 8.74. The molecule has 0 heterocycles. The predicted octanol–water partition coefficient (Wildman–Crippen LogP) is 3.98. The van der Waals surface area contributed by atoms with Crippen molar-refractivity contribution in [2.45, 2.75) is 0 Å². The van der Waals surface area contributed by atoms with Gasteiger partial charge in [0.05, 0.1) is 16.1 Å². The first-order valence-electron chi connectivity index (χ1n) is 4.98. The number of carboxylic acids is 1. The summed E-state index contributed by atoms with van der Waals surface area (Å²) in [6, 6.07) is 7.26. The number of carboxylic acid groups (broad SMARTS) is 1. The molecule has 0 spiro atoms. The second-order valence-electron chi connectivity index (χ2n) is 3.60. The Labute approximate surface area is 106 Å². The van der Waals surface area contributed by atoms with E-state index in [0.717, 1.165) is 12.1 Å². The molecule has 0 saturated heterocycles. The molecule has 5 heteroatoms. The average Bonchev–Trinajstić information content (AvgIpc) is 2.28. The van der Waals surface area contributed by atoms with E-state index in [2.05, 4.69) is 0 Å². The van der Waals surface area contributed by atoms with Gasteiger partial charge in [-0.1, -0.05) is 23.7 Å². The Balaban J connectivity index is 2.59. The lowest BCUT2D eigenvalue weighted by Gasteiger charge is -2.07. The fourth-order valence-electron chi connectivity index (χ4n) is 1.62. The molecule has 92 valence electrons. The highest BCUT2D eigenvalue weighted by Gasteiger charge is 2.14. The van der Waals surface area contributed by atoms with Gasteiger partial charge in [0.15, 0.2) is 0 Å². The minimum absolute atomic E-state index is 0.0670. The van der Waals surface area contributed by atoms with Crippen LogP contribution in [0.25, 0.3) is 11.1 Å². The zero-order chi connectivity index (χ0) is 13.3. The average molecular weight is 269 g/mol. The van der Waals surface area contributed by atoms with Gasteiger partial charge in [-0.05, 0) is 29.8 Å². The first-order chi connectivity index (χ1) is 8.50. The van der Waals surface area contributed by atoms with Crippen LogP contribution in [-0.4, -0.2) is 11.1 Å². The SMILES string of the molecule is O=C(O)c1ccc(-c2c(F)cccc2F)cc1Cl. The predicted molar refractivity (Wildman–Crippen MR) is 63.8 cm³/mol. The molecule has 0 amide bonds. The lowest BCUT2D eigenvalue weighted by molar-refractivity contribution is 0.0697. The minimum atomic E-state index is -1.19. The van der Waals surface area contributed by atoms with Crippen LogP contribution in [0, 0.1) is 11.6 Å². The second-order valence-corrected chi connectivity index (χ2v) is 4.00. The van der Waals surface area contributed by atoms with Crippen molar-refractivity contribution in [3.8, 4) is 11.1 Å². The van der Waals surface area contributed by atoms with E-state index >= 15 is 0 Å². The zero-order valence-electron chi connectivity index (χ0n) is 8.95. The van der Waals surface area contributed by atoms with E-state index in [4.69, 9.17) is 16.7 Å². The lowest BCUT2D eigenvalue weighted by Crippen LogP contribution is -1.98. The molecule has 2 nitrogen and oxygen atoms in total. The van der Waals surface area contributed by atoms with Gasteiger partial charge < -0.3 is 5.11 Å². The molecular formula is C13H7ClF2O2. The Bertz CT molecular complexity index is 606. The largest absolute Gasteiger partial charge is 0.478 e. The third-order valence-electron chi connectivity index (χ3n) is 2.45. The summed E-state index contributed by atoms with van der Waals surface area (Å²) in [5.41, 5.74) is -0.144. The van der Waals surface area contributed by atoms with Crippen molar-refractivity contribution in [3.63, 3.8) is 0 Å². The molecule has 0 radical (unpaired) electrons. The maximum Gasteiger partial charge on any atom is 0.337 e. The van der Waals surface area contributed by atoms with Gasteiger partial charge in [-0.3, -0.25) is 0 Å². The number of hydrogen-bond acceptors (Lipinski definition) is 1. The molecule has 2 rings (SSSR count). The van der Waals surface area contributed by atoms with Gasteiger partial charge in [-0.25, -0.2) is 13.6 Å². The molecule has 0 aromatic heterocycles. The van der Waals surface area contributed by atoms with Crippen molar-refractivity contribution in [2.75, 3.05) is 0 Å². The summed E-state index contributed by atoms with van der Waals surface area (Å²) < 4.78 is 27.1. The van der Waals surface area contributed by atoms with E-state index in [-0.39, 0.29) is 21.7 Å². The molecular weight excluding hydrogens is 262 g/mol. The number of rotatable bonds is 2. The first-order valence-corrected chi connectivity index (χ1v) is 5.35. The molecule has 0 bridgehead atoms. The fourth-order valence-corrected chi connectivity index (χ4v) is 1.88. The van der Waals surface area contributed by atoms with Gasteiger partial charge in [0, 0.05) is 0 Å². The van der Waals surface area contributed by atoms with Gasteiger partial charge in [0.2, 0.25) is 0 Å². The monoisotopic (exact) mass is 268 g/mol. The van der Waals surface area contributed by atoms with Crippen LogP contribution >= 0.6 is 11.6 Å². The number of hydrogen-bond donors (Lipinski definition) is 1. The summed E-state index contributed by atoms with van der Waals surface area (Å²) in [6.45, 7) is 0. The van der Waals surface area contributed by atoms with Crippen LogP contribution in [0.1, 0.15) is 10.4 Å². The Hall–Kier alpha value is -1.94. The van der Waals surface area contributed by atoms with Gasteiger partial charge in [0.25, 0.3) is 0 Å². The first kappa shape index (κ1) is 12.5. The Kier molecular flexibility index (Phi) is 3.30. The van der Waals surface area contributed by atoms with E-state index < -0.39 is 17.6 Å². The van der Waals surface area contributed by atoms with Gasteiger partial charge in [0.1, 0.15) is 11.6 Å². The van der Waals surface area contributed by atoms with Gasteiger partial charge in [-0.2, -0.15) is 0 Å². The normalized spacial score (nSPS) is 10.4. The second kappa shape index (κ2) is 4.74. The number of carbonyl (C=O) groups is 1. The summed E-state index contributed by atoms with van der Waals surface area (Å²) in [4.78, 5) is 10.8. The summed E-state index contributed by atoms with van der Waals surface area (Å²) in [7, 11) is 0. The van der Waals surface area contributed by atoms with Crippen LogP contribution in [-0.2, 0) is 0 Å². The van der Waals surface area contributed by atoms with Gasteiger partial charge in [-0.15, -0.1) is 0 Å². The van der Waals surface area contributed by atoms with E-state index in [1.807, 2.05) is 0 Å². The Morgan fingerprint density at radius 3 is 2.22 bits per heavy atom.